The van der Waals surface area contributed by atoms with Gasteiger partial charge in [-0.05, 0) is 36.7 Å². The summed E-state index contributed by atoms with van der Waals surface area (Å²) < 4.78 is 34.3. The van der Waals surface area contributed by atoms with Crippen LogP contribution in [0, 0.1) is 0 Å². The van der Waals surface area contributed by atoms with Crippen LogP contribution in [0.4, 0.5) is 4.79 Å². The number of likely N-dealkylation sites (N-methyl/N-ethyl adjacent to an activating group) is 1. The maximum atomic E-state index is 13.3. The van der Waals surface area contributed by atoms with Gasteiger partial charge in [0.1, 0.15) is 11.7 Å². The molecule has 0 saturated carbocycles. The van der Waals surface area contributed by atoms with Gasteiger partial charge in [-0.15, -0.1) is 0 Å². The number of cyclic esters (lactones) is 1. The van der Waals surface area contributed by atoms with Crippen LogP contribution in [-0.4, -0.2) is 51.6 Å². The summed E-state index contributed by atoms with van der Waals surface area (Å²) in [6.07, 6.45) is -0.635. The quantitative estimate of drug-likeness (QED) is 0.469. The summed E-state index contributed by atoms with van der Waals surface area (Å²) in [5.74, 6) is 1.41. The number of benzene rings is 3. The van der Waals surface area contributed by atoms with Crippen molar-refractivity contribution in [3.63, 3.8) is 0 Å². The van der Waals surface area contributed by atoms with Gasteiger partial charge in [-0.2, -0.15) is 0 Å². The first kappa shape index (κ1) is 24.9. The van der Waals surface area contributed by atoms with E-state index in [1.54, 1.807) is 19.2 Å². The Hall–Kier alpha value is -4.44. The third kappa shape index (κ3) is 4.26. The van der Waals surface area contributed by atoms with Crippen molar-refractivity contribution >= 4 is 12.1 Å². The molecule has 1 amide bonds. The van der Waals surface area contributed by atoms with E-state index >= 15 is 0 Å². The second kappa shape index (κ2) is 10.0. The first-order valence-electron chi connectivity index (χ1n) is 12.6. The van der Waals surface area contributed by atoms with Crippen LogP contribution in [0.3, 0.4) is 0 Å². The highest BCUT2D eigenvalue weighted by Gasteiger charge is 2.46. The Balaban J connectivity index is 1.36. The normalized spacial score (nSPS) is 19.1. The standard InChI is InChI=1S/C29H28N2O8/c1-31-12-11-17-13-20-26(37-15-36-20)27(35-3)21(17)23(31)24-18-9-10-19(34-2)25(22(18)28(32)38-24)39-29(33)30-14-16-7-5-4-6-8-16/h4-10,13,23-24H,11-12,14-15H2,1-3H3,(H,30,33)/t23-,24+/m1/s1. The summed E-state index contributed by atoms with van der Waals surface area (Å²) in [5.41, 5.74) is 3.58. The third-order valence-corrected chi connectivity index (χ3v) is 7.33. The van der Waals surface area contributed by atoms with E-state index in [2.05, 4.69) is 10.2 Å². The number of fused-ring (bicyclic) bond motifs is 3. The number of hydrogen-bond donors (Lipinski definition) is 1. The predicted octanol–water partition coefficient (Wildman–Crippen LogP) is 4.16. The molecule has 2 atom stereocenters. The number of nitrogens with zero attached hydrogens (tertiary/aromatic N) is 1. The molecule has 3 heterocycles. The third-order valence-electron chi connectivity index (χ3n) is 7.33. The number of ether oxygens (including phenoxy) is 6. The molecule has 0 fully saturated rings. The number of carbonyl (C=O) groups is 2. The average molecular weight is 533 g/mol. The number of amides is 1. The van der Waals surface area contributed by atoms with Crippen LogP contribution in [-0.2, 0) is 17.7 Å². The maximum absolute atomic E-state index is 13.3. The molecule has 1 N–H and O–H groups in total. The van der Waals surface area contributed by atoms with E-state index in [1.165, 1.54) is 7.11 Å². The van der Waals surface area contributed by atoms with Crippen molar-refractivity contribution in [2.45, 2.75) is 25.1 Å². The zero-order chi connectivity index (χ0) is 27.1. The van der Waals surface area contributed by atoms with Crippen molar-refractivity contribution in [3.8, 4) is 28.7 Å². The van der Waals surface area contributed by atoms with Crippen molar-refractivity contribution in [1.82, 2.24) is 10.2 Å². The summed E-state index contributed by atoms with van der Waals surface area (Å²) in [6, 6.07) is 14.5. The molecule has 10 nitrogen and oxygen atoms in total. The van der Waals surface area contributed by atoms with Crippen molar-refractivity contribution in [1.29, 1.82) is 0 Å². The molecular formula is C29H28N2O8. The van der Waals surface area contributed by atoms with Crippen molar-refractivity contribution in [3.05, 3.63) is 76.3 Å². The number of nitrogens with one attached hydrogen (secondary N) is 1. The summed E-state index contributed by atoms with van der Waals surface area (Å²) in [4.78, 5) is 28.2. The van der Waals surface area contributed by atoms with Crippen LogP contribution in [0.25, 0.3) is 0 Å². The zero-order valence-corrected chi connectivity index (χ0v) is 21.8. The Morgan fingerprint density at radius 3 is 2.67 bits per heavy atom. The predicted molar refractivity (Wildman–Crippen MR) is 139 cm³/mol. The number of rotatable bonds is 6. The SMILES string of the molecule is COc1ccc2c(c1OC(=O)NCc1ccccc1)C(=O)O[C@@H]2[C@H]1c2c(cc3c(c2OC)OCO3)CCN1C. The summed E-state index contributed by atoms with van der Waals surface area (Å²) in [5, 5.41) is 2.72. The van der Waals surface area contributed by atoms with E-state index in [4.69, 9.17) is 28.4 Å². The van der Waals surface area contributed by atoms with Crippen LogP contribution < -0.4 is 29.0 Å². The number of methoxy groups -OCH3 is 2. The largest absolute Gasteiger partial charge is 0.493 e. The highest BCUT2D eigenvalue weighted by Crippen LogP contribution is 2.55. The minimum Gasteiger partial charge on any atom is -0.493 e. The van der Waals surface area contributed by atoms with Gasteiger partial charge in [0.05, 0.1) is 20.3 Å². The maximum Gasteiger partial charge on any atom is 0.413 e. The van der Waals surface area contributed by atoms with Crippen LogP contribution in [0.1, 0.15) is 44.8 Å². The Morgan fingerprint density at radius 2 is 1.90 bits per heavy atom. The molecule has 0 saturated heterocycles. The minimum absolute atomic E-state index is 0.0180. The molecule has 202 valence electrons. The van der Waals surface area contributed by atoms with Crippen LogP contribution in [0.15, 0.2) is 48.5 Å². The molecule has 0 unspecified atom stereocenters. The Bertz CT molecular complexity index is 1440. The van der Waals surface area contributed by atoms with Gasteiger partial charge in [-0.3, -0.25) is 4.90 Å². The van der Waals surface area contributed by atoms with Crippen molar-refractivity contribution in [2.24, 2.45) is 0 Å². The summed E-state index contributed by atoms with van der Waals surface area (Å²) >= 11 is 0. The lowest BCUT2D eigenvalue weighted by Crippen LogP contribution is -2.36. The molecule has 0 spiro atoms. The van der Waals surface area contributed by atoms with E-state index in [1.807, 2.05) is 43.4 Å². The second-order valence-corrected chi connectivity index (χ2v) is 9.51. The van der Waals surface area contributed by atoms with E-state index in [9.17, 15) is 9.59 Å². The lowest BCUT2D eigenvalue weighted by Gasteiger charge is -2.38. The lowest BCUT2D eigenvalue weighted by atomic mass is 9.85. The summed E-state index contributed by atoms with van der Waals surface area (Å²) in [7, 11) is 5.01. The molecule has 0 aromatic heterocycles. The number of carbonyl (C=O) groups excluding carboxylic acids is 2. The first-order valence-corrected chi connectivity index (χ1v) is 12.6. The van der Waals surface area contributed by atoms with Gasteiger partial charge in [-0.1, -0.05) is 36.4 Å². The fraction of sp³-hybridized carbons (Fsp3) is 0.310. The fourth-order valence-electron chi connectivity index (χ4n) is 5.51. The van der Waals surface area contributed by atoms with E-state index < -0.39 is 18.2 Å². The Morgan fingerprint density at radius 1 is 1.08 bits per heavy atom. The topological polar surface area (TPSA) is 105 Å². The smallest absolute Gasteiger partial charge is 0.413 e. The first-order chi connectivity index (χ1) is 19.0. The molecule has 3 aliphatic rings. The second-order valence-electron chi connectivity index (χ2n) is 9.51. The average Bonchev–Trinajstić information content (AvgIpc) is 3.55. The van der Waals surface area contributed by atoms with Gasteiger partial charge >= 0.3 is 12.1 Å². The molecular weight excluding hydrogens is 504 g/mol. The van der Waals surface area contributed by atoms with Crippen LogP contribution >= 0.6 is 0 Å². The monoisotopic (exact) mass is 532 g/mol. The summed E-state index contributed by atoms with van der Waals surface area (Å²) in [6.45, 7) is 1.11. The minimum atomic E-state index is -0.712. The van der Waals surface area contributed by atoms with E-state index in [0.29, 0.717) is 22.8 Å². The Labute approximate surface area is 225 Å². The number of hydrogen-bond acceptors (Lipinski definition) is 9. The highest BCUT2D eigenvalue weighted by molar-refractivity contribution is 5.99. The fourth-order valence-corrected chi connectivity index (χ4v) is 5.51. The van der Waals surface area contributed by atoms with Gasteiger partial charge in [0.15, 0.2) is 23.0 Å². The van der Waals surface area contributed by atoms with E-state index in [0.717, 1.165) is 29.7 Å². The molecule has 6 rings (SSSR count). The van der Waals surface area contributed by atoms with E-state index in [-0.39, 0.29) is 36.4 Å². The van der Waals surface area contributed by atoms with Gasteiger partial charge in [-0.25, -0.2) is 9.59 Å². The number of esters is 1. The lowest BCUT2D eigenvalue weighted by molar-refractivity contribution is 0.00876. The molecule has 3 aliphatic heterocycles. The molecule has 3 aromatic carbocycles. The molecule has 0 radical (unpaired) electrons. The molecule has 0 aliphatic carbocycles. The zero-order valence-electron chi connectivity index (χ0n) is 21.8. The van der Waals surface area contributed by atoms with Crippen molar-refractivity contribution < 1.29 is 38.0 Å². The van der Waals surface area contributed by atoms with Crippen molar-refractivity contribution in [2.75, 3.05) is 34.6 Å². The van der Waals surface area contributed by atoms with Gasteiger partial charge in [0, 0.05) is 24.2 Å². The van der Waals surface area contributed by atoms with Gasteiger partial charge in [0.2, 0.25) is 12.5 Å². The van der Waals surface area contributed by atoms with Crippen LogP contribution in [0.2, 0.25) is 0 Å². The van der Waals surface area contributed by atoms with Crippen LogP contribution in [0.5, 0.6) is 28.7 Å². The Kier molecular flexibility index (Phi) is 6.40. The van der Waals surface area contributed by atoms with Gasteiger partial charge < -0.3 is 33.7 Å². The molecule has 0 bridgehead atoms. The molecule has 3 aromatic rings. The highest BCUT2D eigenvalue weighted by atomic mass is 16.7. The van der Waals surface area contributed by atoms with Gasteiger partial charge in [0.25, 0.3) is 0 Å². The molecule has 39 heavy (non-hydrogen) atoms. The molecule has 10 heteroatoms.